The lowest BCUT2D eigenvalue weighted by molar-refractivity contribution is 0.103. The Morgan fingerprint density at radius 1 is 0.981 bits per heavy atom. The Balaban J connectivity index is 1.29. The molecule has 1 atom stereocenters. The van der Waals surface area contributed by atoms with Gasteiger partial charge in [0.15, 0.2) is 0 Å². The molecule has 12 heteroatoms. The van der Waals surface area contributed by atoms with Crippen LogP contribution < -0.4 is 19.5 Å². The van der Waals surface area contributed by atoms with Crippen LogP contribution in [0.15, 0.2) is 76.9 Å². The van der Waals surface area contributed by atoms with Crippen LogP contribution in [0.5, 0.6) is 17.2 Å². The van der Waals surface area contributed by atoms with Crippen molar-refractivity contribution < 1.29 is 29.5 Å². The number of aliphatic hydroxyl groups excluding tert-OH is 3. The zero-order chi connectivity index (χ0) is 38.5. The number of aliphatic imine (C=N–C) groups is 1. The van der Waals surface area contributed by atoms with E-state index in [0.29, 0.717) is 57.4 Å². The van der Waals surface area contributed by atoms with E-state index in [1.165, 1.54) is 6.20 Å². The highest BCUT2D eigenvalue weighted by atomic mass is 35.5. The fraction of sp³-hybridized carbons (Fsp3) is 0.429. The van der Waals surface area contributed by atoms with Crippen LogP contribution in [-0.4, -0.2) is 84.6 Å². The number of piperidine rings is 1. The van der Waals surface area contributed by atoms with Crippen molar-refractivity contribution in [2.24, 2.45) is 10.9 Å². The van der Waals surface area contributed by atoms with Gasteiger partial charge in [0.2, 0.25) is 0 Å². The van der Waals surface area contributed by atoms with Gasteiger partial charge in [-0.2, -0.15) is 5.26 Å². The molecule has 0 aromatic heterocycles. The Morgan fingerprint density at radius 3 is 2.54 bits per heavy atom. The number of nitrogens with zero attached hydrogens (tertiary/aromatic N) is 3. The van der Waals surface area contributed by atoms with Crippen LogP contribution in [0.3, 0.4) is 0 Å². The molecule has 1 fully saturated rings. The third-order valence-corrected chi connectivity index (χ3v) is 10.6. The highest BCUT2D eigenvalue weighted by Gasteiger charge is 2.23. The summed E-state index contributed by atoms with van der Waals surface area (Å²) in [5.41, 5.74) is 4.87. The molecular formula is C42H50Cl2N4O6. The monoisotopic (exact) mass is 776 g/mol. The second kappa shape index (κ2) is 20.1. The Kier molecular flexibility index (Phi) is 15.4. The maximum atomic E-state index is 9.83. The van der Waals surface area contributed by atoms with Gasteiger partial charge >= 0.3 is 0 Å². The van der Waals surface area contributed by atoms with Crippen LogP contribution in [0.2, 0.25) is 10.0 Å². The first-order chi connectivity index (χ1) is 26.2. The van der Waals surface area contributed by atoms with Crippen LogP contribution in [-0.2, 0) is 13.2 Å². The lowest BCUT2D eigenvalue weighted by atomic mass is 9.96. The smallest absolute Gasteiger partial charge is 0.142 e. The maximum absolute atomic E-state index is 9.83. The minimum absolute atomic E-state index is 0.199. The van der Waals surface area contributed by atoms with Gasteiger partial charge in [0, 0.05) is 62.3 Å². The fourth-order valence-electron chi connectivity index (χ4n) is 6.47. The van der Waals surface area contributed by atoms with Crippen molar-refractivity contribution >= 4 is 29.4 Å². The van der Waals surface area contributed by atoms with Gasteiger partial charge in [0.25, 0.3) is 0 Å². The van der Waals surface area contributed by atoms with E-state index in [4.69, 9.17) is 37.4 Å². The molecule has 288 valence electrons. The van der Waals surface area contributed by atoms with E-state index in [2.05, 4.69) is 21.3 Å². The second-order valence-electron chi connectivity index (χ2n) is 14.1. The molecule has 10 nitrogen and oxygen atoms in total. The minimum Gasteiger partial charge on any atom is -0.492 e. The lowest BCUT2D eigenvalue weighted by Gasteiger charge is -2.31. The molecule has 0 spiro atoms. The molecular weight excluding hydrogens is 727 g/mol. The third-order valence-electron chi connectivity index (χ3n) is 9.91. The summed E-state index contributed by atoms with van der Waals surface area (Å²) in [6, 6.07) is 17.5. The molecule has 4 N–H and O–H groups in total. The summed E-state index contributed by atoms with van der Waals surface area (Å²) in [5.74, 6) is 1.93. The molecule has 0 bridgehead atoms. The van der Waals surface area contributed by atoms with Crippen molar-refractivity contribution in [3.05, 3.63) is 98.7 Å². The van der Waals surface area contributed by atoms with E-state index >= 15 is 0 Å². The number of hydrogen-bond acceptors (Lipinski definition) is 10. The van der Waals surface area contributed by atoms with Crippen molar-refractivity contribution in [3.63, 3.8) is 0 Å². The van der Waals surface area contributed by atoms with Crippen molar-refractivity contribution in [1.82, 2.24) is 10.2 Å². The van der Waals surface area contributed by atoms with Gasteiger partial charge in [-0.25, -0.2) is 0 Å². The standard InChI is InChI=1S/C42H50Cl2N4O6/c1-29-33(8-3-9-35(29)36-10-4-11-38(41(36)44)52-16-6-15-48-14-5-7-31(23-48)24-49)26-54-40-19-39(53-25-30-12-13-46-21-32(17-30)20-45)34(18-37(40)43)22-47-42(2,27-50)28-51/h3-4,8-11,13,17-19,21,31,47,49-51H,5-7,12,14-16,22-28H2,1-2H3. The average molecular weight is 778 g/mol. The fourth-order valence-corrected chi connectivity index (χ4v) is 6.99. The lowest BCUT2D eigenvalue weighted by Crippen LogP contribution is -2.48. The number of halogens is 2. The molecule has 54 heavy (non-hydrogen) atoms. The molecule has 2 heterocycles. The maximum Gasteiger partial charge on any atom is 0.142 e. The van der Waals surface area contributed by atoms with E-state index < -0.39 is 5.54 Å². The minimum atomic E-state index is -0.916. The van der Waals surface area contributed by atoms with Gasteiger partial charge in [-0.1, -0.05) is 53.5 Å². The van der Waals surface area contributed by atoms with Crippen molar-refractivity contribution in [2.45, 2.75) is 58.2 Å². The first kappa shape index (κ1) is 41.2. The van der Waals surface area contributed by atoms with Crippen LogP contribution in [0, 0.1) is 24.2 Å². The zero-order valence-corrected chi connectivity index (χ0v) is 32.5. The van der Waals surface area contributed by atoms with Crippen LogP contribution in [0.25, 0.3) is 11.1 Å². The molecule has 2 aliphatic heterocycles. The average Bonchev–Trinajstić information content (AvgIpc) is 3.44. The summed E-state index contributed by atoms with van der Waals surface area (Å²) >= 11 is 13.7. The first-order valence-corrected chi connectivity index (χ1v) is 19.1. The predicted octanol–water partition coefficient (Wildman–Crippen LogP) is 7.04. The first-order valence-electron chi connectivity index (χ1n) is 18.4. The number of hydrogen-bond donors (Lipinski definition) is 4. The van der Waals surface area contributed by atoms with Gasteiger partial charge in [0.1, 0.15) is 36.5 Å². The quantitative estimate of drug-likeness (QED) is 0.100. The predicted molar refractivity (Wildman–Crippen MR) is 214 cm³/mol. The number of nitriles is 1. The number of benzene rings is 3. The number of rotatable bonds is 18. The van der Waals surface area contributed by atoms with Gasteiger partial charge in [-0.15, -0.1) is 0 Å². The summed E-state index contributed by atoms with van der Waals surface area (Å²) < 4.78 is 18.8. The molecule has 5 rings (SSSR count). The molecule has 2 aliphatic rings. The summed E-state index contributed by atoms with van der Waals surface area (Å²) in [5, 5.41) is 42.7. The molecule has 1 saturated heterocycles. The number of likely N-dealkylation sites (tertiary alicyclic amines) is 1. The van der Waals surface area contributed by atoms with E-state index in [1.54, 1.807) is 31.3 Å². The topological polar surface area (TPSA) is 140 Å². The van der Waals surface area contributed by atoms with Gasteiger partial charge in [-0.3, -0.25) is 4.99 Å². The normalized spacial score (nSPS) is 16.3. The SMILES string of the molecule is Cc1c(COc2cc(OCC3=CC(C#N)=CN=CC3)c(CNC(C)(CO)CO)cc2Cl)cccc1-c1cccc(OCCCN2CCCC(CO)C2)c1Cl. The summed E-state index contributed by atoms with van der Waals surface area (Å²) in [6.07, 6.45) is 8.61. The van der Waals surface area contributed by atoms with Crippen molar-refractivity contribution in [1.29, 1.82) is 5.26 Å². The molecule has 3 aromatic carbocycles. The molecule has 3 aromatic rings. The third kappa shape index (κ3) is 11.1. The zero-order valence-electron chi connectivity index (χ0n) is 31.0. The number of nitrogens with one attached hydrogen (secondary N) is 1. The summed E-state index contributed by atoms with van der Waals surface area (Å²) in [4.78, 5) is 6.54. The van der Waals surface area contributed by atoms with Gasteiger partial charge in [-0.05, 0) is 86.0 Å². The van der Waals surface area contributed by atoms with E-state index in [9.17, 15) is 20.6 Å². The van der Waals surface area contributed by atoms with E-state index in [-0.39, 0.29) is 39.6 Å². The molecule has 1 unspecified atom stereocenters. The highest BCUT2D eigenvalue weighted by Crippen LogP contribution is 2.39. The van der Waals surface area contributed by atoms with Crippen LogP contribution in [0.1, 0.15) is 49.3 Å². The second-order valence-corrected chi connectivity index (χ2v) is 14.9. The van der Waals surface area contributed by atoms with Crippen molar-refractivity contribution in [3.8, 4) is 34.4 Å². The van der Waals surface area contributed by atoms with E-state index in [0.717, 1.165) is 66.7 Å². The number of ether oxygens (including phenoxy) is 3. The van der Waals surface area contributed by atoms with Crippen LogP contribution >= 0.6 is 23.2 Å². The molecule has 0 aliphatic carbocycles. The Morgan fingerprint density at radius 2 is 1.76 bits per heavy atom. The number of allylic oxidation sites excluding steroid dienone is 2. The molecule has 0 saturated carbocycles. The van der Waals surface area contributed by atoms with E-state index in [1.807, 2.05) is 43.3 Å². The molecule has 0 radical (unpaired) electrons. The van der Waals surface area contributed by atoms with Crippen LogP contribution in [0.4, 0.5) is 0 Å². The highest BCUT2D eigenvalue weighted by molar-refractivity contribution is 6.35. The molecule has 0 amide bonds. The van der Waals surface area contributed by atoms with Gasteiger partial charge < -0.3 is 39.7 Å². The number of aliphatic hydroxyl groups is 3. The Labute approximate surface area is 328 Å². The van der Waals surface area contributed by atoms with Crippen molar-refractivity contribution in [2.75, 3.05) is 52.7 Å². The Bertz CT molecular complexity index is 1870. The summed E-state index contributed by atoms with van der Waals surface area (Å²) in [7, 11) is 0. The Hall–Kier alpha value is -3.92. The largest absolute Gasteiger partial charge is 0.492 e. The van der Waals surface area contributed by atoms with Gasteiger partial charge in [0.05, 0.1) is 41.0 Å². The summed E-state index contributed by atoms with van der Waals surface area (Å²) in [6.45, 7) is 7.61.